The van der Waals surface area contributed by atoms with Crippen molar-refractivity contribution in [1.29, 1.82) is 0 Å². The smallest absolute Gasteiger partial charge is 0.329 e. The van der Waals surface area contributed by atoms with E-state index >= 15 is 4.39 Å². The number of aryl methyl sites for hydroxylation is 1. The Kier molecular flexibility index (Phi) is 9.40. The van der Waals surface area contributed by atoms with Crippen molar-refractivity contribution in [1.82, 2.24) is 34.3 Å². The molecule has 252 valence electrons. The zero-order valence-corrected chi connectivity index (χ0v) is 28.1. The van der Waals surface area contributed by atoms with Gasteiger partial charge in [0.15, 0.2) is 11.6 Å². The number of aromatic nitrogens is 4. The number of hydrogen-bond donors (Lipinski definition) is 2. The molecule has 1 unspecified atom stereocenters. The summed E-state index contributed by atoms with van der Waals surface area (Å²) in [7, 11) is 0.421. The maximum Gasteiger partial charge on any atom is 0.329 e. The lowest BCUT2D eigenvalue weighted by Crippen LogP contribution is -2.49. The topological polar surface area (TPSA) is 129 Å². The summed E-state index contributed by atoms with van der Waals surface area (Å²) >= 11 is 5.89. The van der Waals surface area contributed by atoms with E-state index in [4.69, 9.17) is 11.6 Å². The third-order valence-corrected chi connectivity index (χ3v) is 11.1. The van der Waals surface area contributed by atoms with Crippen LogP contribution < -0.4 is 15.5 Å². The Morgan fingerprint density at radius 2 is 1.77 bits per heavy atom. The standard InChI is InChI=1S/C33H37ClFN9O3S/c1-41-30-27(31(40-41)44-16-11-28(45)39-33(44)46)6-5-26(29(30)35)22-7-12-42(13-8-22)20-21-3-2-4-25(17-21)48(47)43-14-9-24(10-15-43)38-32-36-18-23(34)19-37-32/h2-6,17-19,22,24H,7-16,20H2,1H3,(H,36,37,38)(H,39,45,46). The molecular formula is C33H37ClFN9O3S. The Bertz CT molecular complexity index is 1860. The highest BCUT2D eigenvalue weighted by Gasteiger charge is 2.31. The molecule has 5 heterocycles. The number of piperidine rings is 2. The summed E-state index contributed by atoms with van der Waals surface area (Å²) in [5.74, 6) is 0.323. The van der Waals surface area contributed by atoms with E-state index in [0.717, 1.165) is 55.8 Å². The lowest BCUT2D eigenvalue weighted by Gasteiger charge is -2.33. The molecule has 0 bridgehead atoms. The summed E-state index contributed by atoms with van der Waals surface area (Å²) < 4.78 is 33.0. The van der Waals surface area contributed by atoms with Gasteiger partial charge in [-0.3, -0.25) is 24.6 Å². The molecule has 2 aromatic carbocycles. The molecule has 0 saturated carbocycles. The highest BCUT2D eigenvalue weighted by molar-refractivity contribution is 7.82. The molecular weight excluding hydrogens is 657 g/mol. The van der Waals surface area contributed by atoms with Crippen LogP contribution in [0.4, 0.5) is 21.0 Å². The minimum atomic E-state index is -1.25. The number of fused-ring (bicyclic) bond motifs is 1. The van der Waals surface area contributed by atoms with Crippen LogP contribution in [-0.2, 0) is 29.4 Å². The average Bonchev–Trinajstić information content (AvgIpc) is 3.43. The van der Waals surface area contributed by atoms with Crippen LogP contribution in [0.5, 0.6) is 0 Å². The van der Waals surface area contributed by atoms with Crippen LogP contribution >= 0.6 is 11.6 Å². The molecule has 3 aliphatic heterocycles. The van der Waals surface area contributed by atoms with Crippen molar-refractivity contribution in [3.8, 4) is 0 Å². The highest BCUT2D eigenvalue weighted by Crippen LogP contribution is 2.36. The fraction of sp³-hybridized carbons (Fsp3) is 0.424. The van der Waals surface area contributed by atoms with E-state index in [1.54, 1.807) is 19.4 Å². The molecule has 4 aromatic rings. The summed E-state index contributed by atoms with van der Waals surface area (Å²) in [5, 5.41) is 11.1. The molecule has 2 aromatic heterocycles. The number of halogens is 2. The van der Waals surface area contributed by atoms with Gasteiger partial charge in [0.1, 0.15) is 16.5 Å². The Hall–Kier alpha value is -3.98. The third kappa shape index (κ3) is 6.79. The van der Waals surface area contributed by atoms with Crippen molar-refractivity contribution >= 4 is 57.2 Å². The SMILES string of the molecule is Cn1nc(N2CCC(=O)NC2=O)c2ccc(C3CCN(Cc4cccc(S(=O)N5CCC(Nc6ncc(Cl)cn6)CC5)c4)CC3)c(F)c21. The molecule has 0 aliphatic carbocycles. The first-order chi connectivity index (χ1) is 23.2. The van der Waals surface area contributed by atoms with Gasteiger partial charge in [-0.05, 0) is 74.0 Å². The molecule has 1 atom stereocenters. The molecule has 3 aliphatic rings. The Morgan fingerprint density at radius 3 is 2.50 bits per heavy atom. The van der Waals surface area contributed by atoms with Gasteiger partial charge in [-0.15, -0.1) is 0 Å². The number of urea groups is 1. The van der Waals surface area contributed by atoms with Crippen LogP contribution in [-0.4, -0.2) is 83.9 Å². The first kappa shape index (κ1) is 32.6. The number of carbonyl (C=O) groups is 2. The molecule has 15 heteroatoms. The van der Waals surface area contributed by atoms with Gasteiger partial charge in [-0.2, -0.15) is 5.10 Å². The number of nitrogens with one attached hydrogen (secondary N) is 2. The van der Waals surface area contributed by atoms with Crippen LogP contribution in [0.25, 0.3) is 10.9 Å². The summed E-state index contributed by atoms with van der Waals surface area (Å²) in [4.78, 5) is 37.0. The number of rotatable bonds is 8. The number of carbonyl (C=O) groups excluding carboxylic acids is 2. The van der Waals surface area contributed by atoms with Crippen molar-refractivity contribution < 1.29 is 18.2 Å². The molecule has 3 fully saturated rings. The van der Waals surface area contributed by atoms with Gasteiger partial charge in [0, 0.05) is 51.1 Å². The number of nitrogens with zero attached hydrogens (tertiary/aromatic N) is 7. The highest BCUT2D eigenvalue weighted by atomic mass is 35.5. The normalized spacial score (nSPS) is 19.5. The minimum absolute atomic E-state index is 0.0578. The minimum Gasteiger partial charge on any atom is -0.351 e. The maximum absolute atomic E-state index is 16.0. The molecule has 3 amide bonds. The van der Waals surface area contributed by atoms with E-state index in [1.807, 2.05) is 34.6 Å². The summed E-state index contributed by atoms with van der Waals surface area (Å²) in [6.45, 7) is 3.96. The number of benzene rings is 2. The number of hydrogen-bond acceptors (Lipinski definition) is 8. The number of amides is 3. The average molecular weight is 694 g/mol. The van der Waals surface area contributed by atoms with Crippen molar-refractivity contribution in [3.05, 3.63) is 70.8 Å². The molecule has 7 rings (SSSR count). The predicted molar refractivity (Wildman–Crippen MR) is 182 cm³/mol. The van der Waals surface area contributed by atoms with Crippen molar-refractivity contribution in [3.63, 3.8) is 0 Å². The van der Waals surface area contributed by atoms with E-state index in [-0.39, 0.29) is 36.6 Å². The zero-order chi connectivity index (χ0) is 33.4. The van der Waals surface area contributed by atoms with Gasteiger partial charge in [0.25, 0.3) is 0 Å². The summed E-state index contributed by atoms with van der Waals surface area (Å²) in [6, 6.07) is 11.3. The van der Waals surface area contributed by atoms with E-state index in [1.165, 1.54) is 9.58 Å². The summed E-state index contributed by atoms with van der Waals surface area (Å²) in [6.07, 6.45) is 6.59. The van der Waals surface area contributed by atoms with Crippen LogP contribution in [0, 0.1) is 5.82 Å². The fourth-order valence-corrected chi connectivity index (χ4v) is 8.29. The Morgan fingerprint density at radius 1 is 1.02 bits per heavy atom. The number of anilines is 2. The zero-order valence-electron chi connectivity index (χ0n) is 26.6. The number of imide groups is 1. The largest absolute Gasteiger partial charge is 0.351 e. The monoisotopic (exact) mass is 693 g/mol. The van der Waals surface area contributed by atoms with Crippen LogP contribution in [0.2, 0.25) is 5.02 Å². The van der Waals surface area contributed by atoms with Gasteiger partial charge in [-0.25, -0.2) is 27.7 Å². The van der Waals surface area contributed by atoms with E-state index in [9.17, 15) is 13.8 Å². The molecule has 3 saturated heterocycles. The molecule has 48 heavy (non-hydrogen) atoms. The van der Waals surface area contributed by atoms with Crippen LogP contribution in [0.3, 0.4) is 0 Å². The van der Waals surface area contributed by atoms with Crippen LogP contribution in [0.1, 0.15) is 49.1 Å². The van der Waals surface area contributed by atoms with Gasteiger partial charge in [0.2, 0.25) is 11.9 Å². The lowest BCUT2D eigenvalue weighted by atomic mass is 9.88. The second-order valence-corrected chi connectivity index (χ2v) is 14.5. The van der Waals surface area contributed by atoms with Gasteiger partial charge >= 0.3 is 6.03 Å². The maximum atomic E-state index is 16.0. The molecule has 0 spiro atoms. The number of likely N-dealkylation sites (tertiary alicyclic amines) is 1. The quantitative estimate of drug-likeness (QED) is 0.275. The van der Waals surface area contributed by atoms with Gasteiger partial charge in [0.05, 0.1) is 22.3 Å². The third-order valence-electron chi connectivity index (χ3n) is 9.44. The molecule has 12 nitrogen and oxygen atoms in total. The van der Waals surface area contributed by atoms with Gasteiger partial charge in [-0.1, -0.05) is 29.8 Å². The first-order valence-corrected chi connectivity index (χ1v) is 17.7. The first-order valence-electron chi connectivity index (χ1n) is 16.2. The molecule has 0 radical (unpaired) electrons. The van der Waals surface area contributed by atoms with Crippen molar-refractivity contribution in [2.24, 2.45) is 7.05 Å². The second-order valence-electron chi connectivity index (χ2n) is 12.6. The summed E-state index contributed by atoms with van der Waals surface area (Å²) in [5.41, 5.74) is 2.12. The van der Waals surface area contributed by atoms with Crippen molar-refractivity contribution in [2.75, 3.05) is 42.9 Å². The fourth-order valence-electron chi connectivity index (χ4n) is 6.90. The van der Waals surface area contributed by atoms with Crippen molar-refractivity contribution in [2.45, 2.75) is 55.5 Å². The molecule has 2 N–H and O–H groups in total. The van der Waals surface area contributed by atoms with E-state index in [0.29, 0.717) is 46.3 Å². The predicted octanol–water partition coefficient (Wildman–Crippen LogP) is 4.58. The van der Waals surface area contributed by atoms with Gasteiger partial charge < -0.3 is 5.32 Å². The van der Waals surface area contributed by atoms with E-state index in [2.05, 4.69) is 36.7 Å². The van der Waals surface area contributed by atoms with Crippen LogP contribution in [0.15, 0.2) is 53.7 Å². The Balaban J connectivity index is 0.945. The second kappa shape index (κ2) is 13.9. The Labute approximate surface area is 285 Å². The van der Waals surface area contributed by atoms with E-state index < -0.39 is 17.0 Å². The lowest BCUT2D eigenvalue weighted by molar-refractivity contribution is -0.120.